The van der Waals surface area contributed by atoms with Crippen LogP contribution in [0.2, 0.25) is 0 Å². The van der Waals surface area contributed by atoms with E-state index in [1.807, 2.05) is 13.8 Å². The fourth-order valence-corrected chi connectivity index (χ4v) is 3.50. The molecular formula is C15H21N3O4S. The zero-order valence-corrected chi connectivity index (χ0v) is 14.4. The van der Waals surface area contributed by atoms with Gasteiger partial charge in [0.2, 0.25) is 5.91 Å². The first-order valence-corrected chi connectivity index (χ1v) is 8.31. The highest BCUT2D eigenvalue weighted by atomic mass is 32.1. The molecule has 2 rings (SSSR count). The molecule has 0 aromatic carbocycles. The normalized spacial score (nSPS) is 17.9. The summed E-state index contributed by atoms with van der Waals surface area (Å²) in [6.07, 6.45) is 1.26. The fraction of sp³-hybridized carbons (Fsp3) is 0.600. The van der Waals surface area contributed by atoms with Crippen molar-refractivity contribution in [2.75, 3.05) is 26.7 Å². The first-order chi connectivity index (χ1) is 10.8. The van der Waals surface area contributed by atoms with Crippen LogP contribution in [0.25, 0.3) is 0 Å². The largest absolute Gasteiger partial charge is 0.481 e. The van der Waals surface area contributed by atoms with Crippen LogP contribution in [0.5, 0.6) is 0 Å². The number of carboxylic acid groups (broad SMARTS) is 1. The van der Waals surface area contributed by atoms with E-state index in [-0.39, 0.29) is 24.9 Å². The third-order valence-electron chi connectivity index (χ3n) is 3.95. The second-order valence-corrected chi connectivity index (χ2v) is 7.22. The van der Waals surface area contributed by atoms with Crippen LogP contribution < -0.4 is 0 Å². The quantitative estimate of drug-likeness (QED) is 0.889. The Bertz CT molecular complexity index is 628. The molecule has 1 aliphatic heterocycles. The van der Waals surface area contributed by atoms with Crippen LogP contribution in [0.4, 0.5) is 0 Å². The highest BCUT2D eigenvalue weighted by Crippen LogP contribution is 2.19. The number of hydrogen-bond donors (Lipinski definition) is 1. The number of aliphatic carboxylic acids is 1. The molecule has 1 aliphatic rings. The van der Waals surface area contributed by atoms with Gasteiger partial charge in [0.1, 0.15) is 5.69 Å². The summed E-state index contributed by atoms with van der Waals surface area (Å²) in [4.78, 5) is 43.7. The standard InChI is InChI=1S/C15H21N3O4S/c1-9-13(16-10(2)23-9)14(20)17(3)8-12(19)18-6-4-5-11(7-18)15(21)22/h11H,4-8H2,1-3H3,(H,21,22). The Balaban J connectivity index is 1.98. The van der Waals surface area contributed by atoms with Gasteiger partial charge in [0.05, 0.1) is 17.5 Å². The lowest BCUT2D eigenvalue weighted by atomic mass is 9.98. The maximum absolute atomic E-state index is 12.4. The SMILES string of the molecule is Cc1nc(C(=O)N(C)CC(=O)N2CCCC(C(=O)O)C2)c(C)s1. The van der Waals surface area contributed by atoms with Crippen molar-refractivity contribution in [3.63, 3.8) is 0 Å². The number of carboxylic acids is 1. The van der Waals surface area contributed by atoms with Gasteiger partial charge in [0, 0.05) is 25.0 Å². The Morgan fingerprint density at radius 1 is 1.39 bits per heavy atom. The second kappa shape index (κ2) is 7.08. The third-order valence-corrected chi connectivity index (χ3v) is 4.83. The Hall–Kier alpha value is -1.96. The number of rotatable bonds is 4. The zero-order chi connectivity index (χ0) is 17.1. The molecule has 126 valence electrons. The lowest BCUT2D eigenvalue weighted by molar-refractivity contribution is -0.145. The van der Waals surface area contributed by atoms with E-state index in [9.17, 15) is 14.4 Å². The van der Waals surface area contributed by atoms with Gasteiger partial charge >= 0.3 is 5.97 Å². The second-order valence-electron chi connectivity index (χ2n) is 5.82. The molecule has 1 aromatic heterocycles. The fourth-order valence-electron chi connectivity index (χ4n) is 2.69. The number of amides is 2. The van der Waals surface area contributed by atoms with E-state index in [1.165, 1.54) is 21.1 Å². The van der Waals surface area contributed by atoms with Gasteiger partial charge < -0.3 is 14.9 Å². The van der Waals surface area contributed by atoms with Crippen molar-refractivity contribution in [3.05, 3.63) is 15.6 Å². The molecule has 7 nitrogen and oxygen atoms in total. The number of hydrogen-bond acceptors (Lipinski definition) is 5. The van der Waals surface area contributed by atoms with Crippen molar-refractivity contribution in [3.8, 4) is 0 Å². The van der Waals surface area contributed by atoms with Crippen molar-refractivity contribution >= 4 is 29.1 Å². The minimum Gasteiger partial charge on any atom is -0.481 e. The van der Waals surface area contributed by atoms with Gasteiger partial charge in [0.15, 0.2) is 0 Å². The molecule has 1 fully saturated rings. The van der Waals surface area contributed by atoms with E-state index in [2.05, 4.69) is 4.98 Å². The van der Waals surface area contributed by atoms with Gasteiger partial charge in [-0.2, -0.15) is 0 Å². The molecule has 0 radical (unpaired) electrons. The summed E-state index contributed by atoms with van der Waals surface area (Å²) in [5, 5.41) is 9.89. The van der Waals surface area contributed by atoms with Crippen LogP contribution in [0.15, 0.2) is 0 Å². The molecule has 1 atom stereocenters. The van der Waals surface area contributed by atoms with E-state index < -0.39 is 11.9 Å². The number of carbonyl (C=O) groups excluding carboxylic acids is 2. The molecule has 0 spiro atoms. The third kappa shape index (κ3) is 4.07. The first-order valence-electron chi connectivity index (χ1n) is 7.49. The van der Waals surface area contributed by atoms with Crippen LogP contribution >= 0.6 is 11.3 Å². The first kappa shape index (κ1) is 17.4. The van der Waals surface area contributed by atoms with Gasteiger partial charge in [0.25, 0.3) is 5.91 Å². The Kier molecular flexibility index (Phi) is 5.35. The smallest absolute Gasteiger partial charge is 0.308 e. The summed E-state index contributed by atoms with van der Waals surface area (Å²) in [5.74, 6) is -1.90. The molecule has 1 N–H and O–H groups in total. The maximum atomic E-state index is 12.4. The summed E-state index contributed by atoms with van der Waals surface area (Å²) in [7, 11) is 1.56. The average molecular weight is 339 g/mol. The van der Waals surface area contributed by atoms with Gasteiger partial charge in [-0.1, -0.05) is 0 Å². The summed E-state index contributed by atoms with van der Waals surface area (Å²) < 4.78 is 0. The van der Waals surface area contributed by atoms with Crippen LogP contribution in [0, 0.1) is 19.8 Å². The van der Waals surface area contributed by atoms with Crippen molar-refractivity contribution in [2.45, 2.75) is 26.7 Å². The van der Waals surface area contributed by atoms with Gasteiger partial charge in [-0.05, 0) is 26.7 Å². The Morgan fingerprint density at radius 3 is 2.65 bits per heavy atom. The monoisotopic (exact) mass is 339 g/mol. The number of thiazole rings is 1. The van der Waals surface area contributed by atoms with E-state index in [4.69, 9.17) is 5.11 Å². The van der Waals surface area contributed by atoms with E-state index in [0.29, 0.717) is 25.1 Å². The molecule has 0 bridgehead atoms. The predicted octanol–water partition coefficient (Wildman–Crippen LogP) is 1.16. The molecule has 2 heterocycles. The molecule has 1 aromatic rings. The van der Waals surface area contributed by atoms with E-state index in [0.717, 1.165) is 9.88 Å². The number of carbonyl (C=O) groups is 3. The minimum atomic E-state index is -0.875. The topological polar surface area (TPSA) is 90.8 Å². The predicted molar refractivity (Wildman–Crippen MR) is 85.5 cm³/mol. The molecule has 0 saturated carbocycles. The van der Waals surface area contributed by atoms with Gasteiger partial charge in [-0.3, -0.25) is 14.4 Å². The maximum Gasteiger partial charge on any atom is 0.308 e. The summed E-state index contributed by atoms with van der Waals surface area (Å²) in [6.45, 7) is 4.35. The number of piperidine rings is 1. The Labute approximate surface area is 138 Å². The zero-order valence-electron chi connectivity index (χ0n) is 13.5. The molecule has 23 heavy (non-hydrogen) atoms. The Morgan fingerprint density at radius 2 is 2.09 bits per heavy atom. The van der Waals surface area contributed by atoms with Crippen LogP contribution in [0.1, 0.15) is 33.2 Å². The number of nitrogens with zero attached hydrogens (tertiary/aromatic N) is 3. The van der Waals surface area contributed by atoms with E-state index in [1.54, 1.807) is 7.05 Å². The minimum absolute atomic E-state index is 0.0683. The molecular weight excluding hydrogens is 318 g/mol. The molecule has 8 heteroatoms. The highest BCUT2D eigenvalue weighted by molar-refractivity contribution is 7.11. The number of aromatic nitrogens is 1. The van der Waals surface area contributed by atoms with Gasteiger partial charge in [-0.15, -0.1) is 11.3 Å². The summed E-state index contributed by atoms with van der Waals surface area (Å²) >= 11 is 1.45. The molecule has 2 amide bonds. The number of likely N-dealkylation sites (tertiary alicyclic amines) is 1. The van der Waals surface area contributed by atoms with E-state index >= 15 is 0 Å². The molecule has 1 unspecified atom stereocenters. The van der Waals surface area contributed by atoms with Crippen LogP contribution in [-0.2, 0) is 9.59 Å². The molecule has 0 aliphatic carbocycles. The van der Waals surface area contributed by atoms with Crippen molar-refractivity contribution in [2.24, 2.45) is 5.92 Å². The van der Waals surface area contributed by atoms with Gasteiger partial charge in [-0.25, -0.2) is 4.98 Å². The van der Waals surface area contributed by atoms with Crippen LogP contribution in [-0.4, -0.2) is 64.4 Å². The molecule has 1 saturated heterocycles. The lowest BCUT2D eigenvalue weighted by Crippen LogP contribution is -2.47. The lowest BCUT2D eigenvalue weighted by Gasteiger charge is -2.31. The number of likely N-dealkylation sites (N-methyl/N-ethyl adjacent to an activating group) is 1. The average Bonchev–Trinajstić information content (AvgIpc) is 2.85. The summed E-state index contributed by atoms with van der Waals surface area (Å²) in [6, 6.07) is 0. The summed E-state index contributed by atoms with van der Waals surface area (Å²) in [5.41, 5.74) is 0.379. The number of aryl methyl sites for hydroxylation is 2. The van der Waals surface area contributed by atoms with Crippen LogP contribution in [0.3, 0.4) is 0 Å². The van der Waals surface area contributed by atoms with Crippen molar-refractivity contribution in [1.82, 2.24) is 14.8 Å². The highest BCUT2D eigenvalue weighted by Gasteiger charge is 2.29. The van der Waals surface area contributed by atoms with Crippen molar-refractivity contribution in [1.29, 1.82) is 0 Å². The van der Waals surface area contributed by atoms with Crippen molar-refractivity contribution < 1.29 is 19.5 Å².